The number of unbranched alkanes of at least 4 members (excludes halogenated alkanes) is 36. The number of rotatable bonds is 53. The molecule has 0 aliphatic carbocycles. The first kappa shape index (κ1) is 63.6. The zero-order chi connectivity index (χ0) is 47.9. The van der Waals surface area contributed by atoms with Gasteiger partial charge in [0.15, 0.2) is 6.10 Å². The maximum atomic E-state index is 12.8. The first-order chi connectivity index (χ1) is 32.5. The summed E-state index contributed by atoms with van der Waals surface area (Å²) in [5, 5.41) is 0. The molecular formula is C60H110O6. The summed E-state index contributed by atoms with van der Waals surface area (Å²) in [6.45, 7) is 6.58. The molecule has 0 rings (SSSR count). The Hall–Kier alpha value is -2.37. The lowest BCUT2D eigenvalue weighted by molar-refractivity contribution is -0.167. The van der Waals surface area contributed by atoms with Crippen LogP contribution in [-0.4, -0.2) is 37.2 Å². The van der Waals surface area contributed by atoms with Crippen LogP contribution in [0, 0.1) is 0 Å². The molecular weight excluding hydrogens is 817 g/mol. The monoisotopic (exact) mass is 927 g/mol. The molecule has 0 amide bonds. The van der Waals surface area contributed by atoms with Crippen LogP contribution >= 0.6 is 0 Å². The van der Waals surface area contributed by atoms with Gasteiger partial charge in [-0.25, -0.2) is 0 Å². The van der Waals surface area contributed by atoms with Crippen molar-refractivity contribution in [1.82, 2.24) is 0 Å². The number of hydrogen-bond acceptors (Lipinski definition) is 6. The fourth-order valence-corrected chi connectivity index (χ4v) is 8.51. The van der Waals surface area contributed by atoms with Crippen LogP contribution in [-0.2, 0) is 28.6 Å². The number of allylic oxidation sites excluding steroid dienone is 6. The second-order valence-corrected chi connectivity index (χ2v) is 19.6. The predicted octanol–water partition coefficient (Wildman–Crippen LogP) is 19.3. The van der Waals surface area contributed by atoms with Gasteiger partial charge < -0.3 is 14.2 Å². The van der Waals surface area contributed by atoms with Crippen LogP contribution in [0.3, 0.4) is 0 Å². The second-order valence-electron chi connectivity index (χ2n) is 19.6. The maximum Gasteiger partial charge on any atom is 0.306 e. The summed E-state index contributed by atoms with van der Waals surface area (Å²) >= 11 is 0. The first-order valence-electron chi connectivity index (χ1n) is 29.0. The van der Waals surface area contributed by atoms with Crippen molar-refractivity contribution in [1.29, 1.82) is 0 Å². The van der Waals surface area contributed by atoms with Crippen LogP contribution in [0.4, 0.5) is 0 Å². The molecule has 386 valence electrons. The third-order valence-corrected chi connectivity index (χ3v) is 12.9. The Morgan fingerprint density at radius 3 is 0.848 bits per heavy atom. The lowest BCUT2D eigenvalue weighted by Crippen LogP contribution is -2.30. The fraction of sp³-hybridized carbons (Fsp3) is 0.850. The molecule has 66 heavy (non-hydrogen) atoms. The fourth-order valence-electron chi connectivity index (χ4n) is 8.51. The Bertz CT molecular complexity index is 1110. The molecule has 0 heterocycles. The maximum absolute atomic E-state index is 12.8. The molecule has 0 aromatic heterocycles. The Morgan fingerprint density at radius 1 is 0.303 bits per heavy atom. The van der Waals surface area contributed by atoms with E-state index in [0.29, 0.717) is 19.3 Å². The van der Waals surface area contributed by atoms with Crippen LogP contribution in [0.15, 0.2) is 36.5 Å². The third-order valence-electron chi connectivity index (χ3n) is 12.9. The van der Waals surface area contributed by atoms with E-state index in [-0.39, 0.29) is 31.1 Å². The van der Waals surface area contributed by atoms with E-state index in [9.17, 15) is 14.4 Å². The minimum absolute atomic E-state index is 0.0723. The van der Waals surface area contributed by atoms with Crippen molar-refractivity contribution >= 4 is 17.9 Å². The molecule has 0 aromatic rings. The van der Waals surface area contributed by atoms with Gasteiger partial charge in [0.05, 0.1) is 0 Å². The molecule has 0 fully saturated rings. The van der Waals surface area contributed by atoms with Gasteiger partial charge in [-0.3, -0.25) is 14.4 Å². The zero-order valence-electron chi connectivity index (χ0n) is 44.2. The number of hydrogen-bond donors (Lipinski definition) is 0. The van der Waals surface area contributed by atoms with Gasteiger partial charge in [0.1, 0.15) is 13.2 Å². The summed E-state index contributed by atoms with van der Waals surface area (Å²) in [6, 6.07) is 0. The van der Waals surface area contributed by atoms with E-state index in [4.69, 9.17) is 14.2 Å². The van der Waals surface area contributed by atoms with Gasteiger partial charge in [0.25, 0.3) is 0 Å². The van der Waals surface area contributed by atoms with Gasteiger partial charge in [-0.05, 0) is 57.8 Å². The highest BCUT2D eigenvalue weighted by atomic mass is 16.6. The van der Waals surface area contributed by atoms with E-state index < -0.39 is 6.10 Å². The van der Waals surface area contributed by atoms with Crippen molar-refractivity contribution in [3.63, 3.8) is 0 Å². The molecule has 1 unspecified atom stereocenters. The topological polar surface area (TPSA) is 78.9 Å². The van der Waals surface area contributed by atoms with Gasteiger partial charge in [-0.2, -0.15) is 0 Å². The van der Waals surface area contributed by atoms with E-state index in [0.717, 1.165) is 83.5 Å². The van der Waals surface area contributed by atoms with Crippen LogP contribution in [0.25, 0.3) is 0 Å². The number of ether oxygens (including phenoxy) is 3. The summed E-state index contributed by atoms with van der Waals surface area (Å²) in [5.41, 5.74) is 0. The number of carbonyl (C=O) groups excluding carboxylic acids is 3. The van der Waals surface area contributed by atoms with Crippen molar-refractivity contribution in [3.05, 3.63) is 36.5 Å². The Kier molecular flexibility index (Phi) is 53.2. The SMILES string of the molecule is CCCCCCC/C=C\C/C=C\C/C=C\CCCCCCCCCCC(=O)OCC(COC(=O)CCCCCCC)OC(=O)CCCCCCCCCCCCCCCCCCCCCC. The summed E-state index contributed by atoms with van der Waals surface area (Å²) in [6.07, 6.45) is 66.1. The van der Waals surface area contributed by atoms with Gasteiger partial charge >= 0.3 is 17.9 Å². The second kappa shape index (κ2) is 55.2. The average Bonchev–Trinajstić information content (AvgIpc) is 3.31. The van der Waals surface area contributed by atoms with Crippen LogP contribution in [0.5, 0.6) is 0 Å². The smallest absolute Gasteiger partial charge is 0.306 e. The molecule has 6 nitrogen and oxygen atoms in total. The summed E-state index contributed by atoms with van der Waals surface area (Å²) in [7, 11) is 0. The van der Waals surface area contributed by atoms with Crippen molar-refractivity contribution < 1.29 is 28.6 Å². The largest absolute Gasteiger partial charge is 0.462 e. The van der Waals surface area contributed by atoms with Gasteiger partial charge in [-0.1, -0.05) is 269 Å². The lowest BCUT2D eigenvalue weighted by Gasteiger charge is -2.18. The van der Waals surface area contributed by atoms with Crippen molar-refractivity contribution in [2.45, 2.75) is 316 Å². The zero-order valence-corrected chi connectivity index (χ0v) is 44.2. The van der Waals surface area contributed by atoms with Crippen molar-refractivity contribution in [3.8, 4) is 0 Å². The summed E-state index contributed by atoms with van der Waals surface area (Å²) in [4.78, 5) is 37.8. The highest BCUT2D eigenvalue weighted by Crippen LogP contribution is 2.17. The normalized spacial score (nSPS) is 12.2. The molecule has 0 saturated carbocycles. The highest BCUT2D eigenvalue weighted by molar-refractivity contribution is 5.71. The van der Waals surface area contributed by atoms with E-state index in [1.807, 2.05) is 0 Å². The molecule has 0 saturated heterocycles. The molecule has 0 N–H and O–H groups in total. The van der Waals surface area contributed by atoms with Gasteiger partial charge in [-0.15, -0.1) is 0 Å². The highest BCUT2D eigenvalue weighted by Gasteiger charge is 2.19. The van der Waals surface area contributed by atoms with Crippen molar-refractivity contribution in [2.75, 3.05) is 13.2 Å². The Labute approximate surface area is 410 Å². The van der Waals surface area contributed by atoms with Crippen LogP contribution in [0.1, 0.15) is 310 Å². The standard InChI is InChI=1S/C60H110O6/c1-4-7-10-13-15-17-19-21-23-25-27-29-30-31-33-34-36-38-40-42-44-47-50-53-59(62)65-56-57(55-64-58(61)52-49-46-12-9-6-3)66-60(63)54-51-48-45-43-41-39-37-35-32-28-26-24-22-20-18-16-14-11-8-5-2/h19,21,25,27,30-31,57H,4-18,20,22-24,26,28-29,32-56H2,1-3H3/b21-19-,27-25-,31-30-. The predicted molar refractivity (Wildman–Crippen MR) is 284 cm³/mol. The van der Waals surface area contributed by atoms with E-state index in [2.05, 4.69) is 57.2 Å². The molecule has 0 aliphatic rings. The Morgan fingerprint density at radius 2 is 0.545 bits per heavy atom. The first-order valence-corrected chi connectivity index (χ1v) is 29.0. The minimum atomic E-state index is -0.769. The Balaban J connectivity index is 4.08. The van der Waals surface area contributed by atoms with E-state index in [1.54, 1.807) is 0 Å². The van der Waals surface area contributed by atoms with Crippen LogP contribution in [0.2, 0.25) is 0 Å². The van der Waals surface area contributed by atoms with Crippen molar-refractivity contribution in [2.24, 2.45) is 0 Å². The molecule has 0 radical (unpaired) electrons. The van der Waals surface area contributed by atoms with E-state index in [1.165, 1.54) is 186 Å². The molecule has 0 spiro atoms. The molecule has 6 heteroatoms. The molecule has 1 atom stereocenters. The number of esters is 3. The third kappa shape index (κ3) is 52.6. The summed E-state index contributed by atoms with van der Waals surface area (Å²) < 4.78 is 16.7. The van der Waals surface area contributed by atoms with Crippen LogP contribution < -0.4 is 0 Å². The van der Waals surface area contributed by atoms with E-state index >= 15 is 0 Å². The molecule has 0 aromatic carbocycles. The lowest BCUT2D eigenvalue weighted by atomic mass is 10.0. The molecule has 0 aliphatic heterocycles. The van der Waals surface area contributed by atoms with Gasteiger partial charge in [0, 0.05) is 19.3 Å². The van der Waals surface area contributed by atoms with Gasteiger partial charge in [0.2, 0.25) is 0 Å². The minimum Gasteiger partial charge on any atom is -0.462 e. The quantitative estimate of drug-likeness (QED) is 0.0262. The summed E-state index contributed by atoms with van der Waals surface area (Å²) in [5.74, 6) is -0.877. The average molecular weight is 928 g/mol. The number of carbonyl (C=O) groups is 3. The molecule has 0 bridgehead atoms.